The molecule has 4 rings (SSSR count). The van der Waals surface area contributed by atoms with Crippen molar-refractivity contribution in [2.45, 2.75) is 18.9 Å². The molecule has 1 fully saturated rings. The fourth-order valence-electron chi connectivity index (χ4n) is 2.76. The zero-order chi connectivity index (χ0) is 21.1. The van der Waals surface area contributed by atoms with Crippen LogP contribution < -0.4 is 16.0 Å². The molecule has 0 aliphatic heterocycles. The Bertz CT molecular complexity index is 1090. The Morgan fingerprint density at radius 2 is 1.47 bits per heavy atom. The Labute approximate surface area is 170 Å². The minimum atomic E-state index is -0.528. The number of anilines is 2. The van der Waals surface area contributed by atoms with Crippen molar-refractivity contribution >= 4 is 29.1 Å². The Kier molecular flexibility index (Phi) is 5.25. The van der Waals surface area contributed by atoms with Crippen LogP contribution in [-0.4, -0.2) is 33.7 Å². The third-order valence-corrected chi connectivity index (χ3v) is 4.50. The van der Waals surface area contributed by atoms with Crippen molar-refractivity contribution in [2.75, 3.05) is 10.6 Å². The van der Waals surface area contributed by atoms with E-state index in [1.807, 2.05) is 0 Å². The SMILES string of the molecule is O=C(Nc1ccc(NC(=O)c2nc[nH]c2C(=O)NC2CC2)cc1)c1ccc(F)cc1. The van der Waals surface area contributed by atoms with Crippen LogP contribution in [0.2, 0.25) is 0 Å². The predicted octanol–water partition coefficient (Wildman–Crippen LogP) is 2.95. The first-order valence-corrected chi connectivity index (χ1v) is 9.32. The number of nitrogens with zero attached hydrogens (tertiary/aromatic N) is 1. The van der Waals surface area contributed by atoms with E-state index in [-0.39, 0.29) is 29.2 Å². The van der Waals surface area contributed by atoms with Crippen molar-refractivity contribution in [2.24, 2.45) is 0 Å². The average Bonchev–Trinajstić information content (AvgIpc) is 3.40. The van der Waals surface area contributed by atoms with Crippen molar-refractivity contribution in [3.8, 4) is 0 Å². The van der Waals surface area contributed by atoms with Crippen LogP contribution in [0, 0.1) is 5.82 Å². The molecule has 0 saturated heterocycles. The molecule has 3 amide bonds. The Morgan fingerprint density at radius 3 is 2.07 bits per heavy atom. The number of nitrogens with one attached hydrogen (secondary N) is 4. The number of rotatable bonds is 6. The van der Waals surface area contributed by atoms with Crippen LogP contribution in [0.4, 0.5) is 15.8 Å². The monoisotopic (exact) mass is 407 g/mol. The number of benzene rings is 2. The lowest BCUT2D eigenvalue weighted by atomic mass is 10.2. The van der Waals surface area contributed by atoms with Crippen molar-refractivity contribution in [3.63, 3.8) is 0 Å². The van der Waals surface area contributed by atoms with Crippen LogP contribution >= 0.6 is 0 Å². The normalized spacial score (nSPS) is 12.8. The lowest BCUT2D eigenvalue weighted by Gasteiger charge is -2.08. The van der Waals surface area contributed by atoms with E-state index in [9.17, 15) is 18.8 Å². The molecule has 152 valence electrons. The molecule has 0 spiro atoms. The molecule has 0 bridgehead atoms. The summed E-state index contributed by atoms with van der Waals surface area (Å²) in [6, 6.07) is 11.8. The molecular weight excluding hydrogens is 389 g/mol. The third-order valence-electron chi connectivity index (χ3n) is 4.50. The highest BCUT2D eigenvalue weighted by atomic mass is 19.1. The van der Waals surface area contributed by atoms with Crippen LogP contribution in [0.1, 0.15) is 44.2 Å². The van der Waals surface area contributed by atoms with Crippen LogP contribution in [-0.2, 0) is 0 Å². The maximum atomic E-state index is 13.0. The Balaban J connectivity index is 1.38. The Morgan fingerprint density at radius 1 is 0.867 bits per heavy atom. The van der Waals surface area contributed by atoms with E-state index >= 15 is 0 Å². The van der Waals surface area contributed by atoms with Gasteiger partial charge in [0, 0.05) is 23.0 Å². The van der Waals surface area contributed by atoms with Gasteiger partial charge in [-0.15, -0.1) is 0 Å². The van der Waals surface area contributed by atoms with E-state index < -0.39 is 11.7 Å². The summed E-state index contributed by atoms with van der Waals surface area (Å²) >= 11 is 0. The van der Waals surface area contributed by atoms with Gasteiger partial charge in [0.15, 0.2) is 5.69 Å². The summed E-state index contributed by atoms with van der Waals surface area (Å²) in [6.07, 6.45) is 3.17. The molecule has 1 aliphatic carbocycles. The maximum Gasteiger partial charge on any atom is 0.276 e. The summed E-state index contributed by atoms with van der Waals surface area (Å²) in [6.45, 7) is 0. The molecule has 0 atom stereocenters. The number of halogens is 1. The standard InChI is InChI=1S/C21H18FN5O3/c22-13-3-1-12(2-4-13)19(28)25-14-5-7-15(8-6-14)26-20(29)17-18(24-11-23-17)21(30)27-16-9-10-16/h1-8,11,16H,9-10H2,(H,23,24)(H,25,28)(H,26,29)(H,27,30). The molecule has 1 saturated carbocycles. The summed E-state index contributed by atoms with van der Waals surface area (Å²) in [5.74, 6) is -1.69. The second kappa shape index (κ2) is 8.16. The smallest absolute Gasteiger partial charge is 0.276 e. The molecule has 0 unspecified atom stereocenters. The summed E-state index contributed by atoms with van der Waals surface area (Å²) in [5, 5.41) is 8.17. The van der Waals surface area contributed by atoms with E-state index in [2.05, 4.69) is 25.9 Å². The number of aromatic nitrogens is 2. The van der Waals surface area contributed by atoms with Crippen LogP contribution in [0.5, 0.6) is 0 Å². The highest BCUT2D eigenvalue weighted by Crippen LogP contribution is 2.20. The molecular formula is C21H18FN5O3. The first kappa shape index (κ1) is 19.3. The van der Waals surface area contributed by atoms with E-state index in [0.29, 0.717) is 16.9 Å². The van der Waals surface area contributed by atoms with Crippen LogP contribution in [0.25, 0.3) is 0 Å². The van der Waals surface area contributed by atoms with Gasteiger partial charge in [0.05, 0.1) is 6.33 Å². The molecule has 1 heterocycles. The molecule has 30 heavy (non-hydrogen) atoms. The number of imidazole rings is 1. The molecule has 9 heteroatoms. The van der Waals surface area contributed by atoms with Gasteiger partial charge in [-0.05, 0) is 61.4 Å². The quantitative estimate of drug-likeness (QED) is 0.503. The average molecular weight is 407 g/mol. The third kappa shape index (κ3) is 4.52. The van der Waals surface area contributed by atoms with Crippen molar-refractivity contribution in [3.05, 3.63) is 77.6 Å². The summed E-state index contributed by atoms with van der Waals surface area (Å²) in [7, 11) is 0. The topological polar surface area (TPSA) is 116 Å². The van der Waals surface area contributed by atoms with Gasteiger partial charge in [-0.25, -0.2) is 9.37 Å². The van der Waals surface area contributed by atoms with Gasteiger partial charge in [0.1, 0.15) is 11.5 Å². The van der Waals surface area contributed by atoms with Crippen molar-refractivity contribution in [1.29, 1.82) is 0 Å². The predicted molar refractivity (Wildman–Crippen MR) is 108 cm³/mol. The molecule has 2 aromatic carbocycles. The van der Waals surface area contributed by atoms with E-state index in [0.717, 1.165) is 12.8 Å². The first-order chi connectivity index (χ1) is 14.5. The number of aromatic amines is 1. The lowest BCUT2D eigenvalue weighted by molar-refractivity contribution is 0.0933. The number of carbonyl (C=O) groups is 3. The van der Waals surface area contributed by atoms with Gasteiger partial charge >= 0.3 is 0 Å². The summed E-state index contributed by atoms with van der Waals surface area (Å²) < 4.78 is 13.0. The van der Waals surface area contributed by atoms with Gasteiger partial charge in [-0.3, -0.25) is 14.4 Å². The summed E-state index contributed by atoms with van der Waals surface area (Å²) in [5.41, 5.74) is 1.41. The molecule has 1 aromatic heterocycles. The Hall–Kier alpha value is -4.01. The molecule has 4 N–H and O–H groups in total. The van der Waals surface area contributed by atoms with Crippen LogP contribution in [0.3, 0.4) is 0 Å². The van der Waals surface area contributed by atoms with Gasteiger partial charge in [-0.1, -0.05) is 0 Å². The van der Waals surface area contributed by atoms with Gasteiger partial charge in [0.2, 0.25) is 0 Å². The second-order valence-electron chi connectivity index (χ2n) is 6.87. The zero-order valence-electron chi connectivity index (χ0n) is 15.7. The number of H-pyrrole nitrogens is 1. The minimum Gasteiger partial charge on any atom is -0.348 e. The van der Waals surface area contributed by atoms with Gasteiger partial charge < -0.3 is 20.9 Å². The molecule has 0 radical (unpaired) electrons. The zero-order valence-corrected chi connectivity index (χ0v) is 15.7. The number of hydrogen-bond acceptors (Lipinski definition) is 4. The molecule has 3 aromatic rings. The van der Waals surface area contributed by atoms with Crippen molar-refractivity contribution < 1.29 is 18.8 Å². The highest BCUT2D eigenvalue weighted by molar-refractivity contribution is 6.10. The number of amides is 3. The first-order valence-electron chi connectivity index (χ1n) is 9.32. The summed E-state index contributed by atoms with van der Waals surface area (Å²) in [4.78, 5) is 43.5. The van der Waals surface area contributed by atoms with Gasteiger partial charge in [-0.2, -0.15) is 0 Å². The maximum absolute atomic E-state index is 13.0. The second-order valence-corrected chi connectivity index (χ2v) is 6.87. The highest BCUT2D eigenvalue weighted by Gasteiger charge is 2.27. The van der Waals surface area contributed by atoms with E-state index in [1.165, 1.54) is 30.6 Å². The van der Waals surface area contributed by atoms with Crippen LogP contribution in [0.15, 0.2) is 54.9 Å². The molecule has 1 aliphatic rings. The largest absolute Gasteiger partial charge is 0.348 e. The van der Waals surface area contributed by atoms with E-state index in [1.54, 1.807) is 24.3 Å². The number of carbonyl (C=O) groups excluding carboxylic acids is 3. The number of hydrogen-bond donors (Lipinski definition) is 4. The minimum absolute atomic E-state index is 0.00170. The fraction of sp³-hybridized carbons (Fsp3) is 0.143. The lowest BCUT2D eigenvalue weighted by Crippen LogP contribution is -2.28. The van der Waals surface area contributed by atoms with E-state index in [4.69, 9.17) is 0 Å². The van der Waals surface area contributed by atoms with Crippen molar-refractivity contribution in [1.82, 2.24) is 15.3 Å². The fourth-order valence-corrected chi connectivity index (χ4v) is 2.76. The van der Waals surface area contributed by atoms with Gasteiger partial charge in [0.25, 0.3) is 17.7 Å². The molecule has 8 nitrogen and oxygen atoms in total.